The van der Waals surface area contributed by atoms with Crippen molar-refractivity contribution in [3.05, 3.63) is 65.2 Å². The molecule has 4 heterocycles. The standard InChI is InChI=1S/C25H26ClN5O/c1-16-6-10-28-14-21(16)24-23(17-8-12-30(13-9-17)25(27)32)20-7-11-29-15-22(20)31(24)19-4-2-18(26)3-5-19/h2-5,7,10-11,14-17H,6,8-9,12-13H2,1H3,(H2,27,32). The fourth-order valence-electron chi connectivity index (χ4n) is 5.01. The Balaban J connectivity index is 1.75. The highest BCUT2D eigenvalue weighted by atomic mass is 35.5. The lowest BCUT2D eigenvalue weighted by atomic mass is 9.83. The minimum atomic E-state index is -0.339. The normalized spacial score (nSPS) is 19.4. The van der Waals surface area contributed by atoms with Crippen LogP contribution in [-0.2, 0) is 0 Å². The zero-order chi connectivity index (χ0) is 22.2. The minimum Gasteiger partial charge on any atom is -0.351 e. The number of pyridine rings is 1. The number of aliphatic imine (C=N–C) groups is 1. The molecule has 0 saturated carbocycles. The van der Waals surface area contributed by atoms with Crippen molar-refractivity contribution >= 4 is 40.3 Å². The van der Waals surface area contributed by atoms with Gasteiger partial charge in [-0.2, -0.15) is 0 Å². The first-order chi connectivity index (χ1) is 15.5. The van der Waals surface area contributed by atoms with Crippen LogP contribution in [-0.4, -0.2) is 39.8 Å². The van der Waals surface area contributed by atoms with E-state index in [1.165, 1.54) is 22.2 Å². The number of carbonyl (C=O) groups excluding carboxylic acids is 1. The van der Waals surface area contributed by atoms with E-state index >= 15 is 0 Å². The number of amides is 2. The molecule has 0 spiro atoms. The monoisotopic (exact) mass is 447 g/mol. The minimum absolute atomic E-state index is 0.318. The molecule has 0 aliphatic carbocycles. The van der Waals surface area contributed by atoms with E-state index in [2.05, 4.69) is 39.7 Å². The van der Waals surface area contributed by atoms with Crippen LogP contribution in [0.3, 0.4) is 0 Å². The number of carbonyl (C=O) groups is 1. The number of hydrogen-bond donors (Lipinski definition) is 1. The molecule has 2 aromatic heterocycles. The molecule has 2 N–H and O–H groups in total. The Hall–Kier alpha value is -3.12. The summed E-state index contributed by atoms with van der Waals surface area (Å²) in [4.78, 5) is 22.4. The molecule has 5 rings (SSSR count). The summed E-state index contributed by atoms with van der Waals surface area (Å²) in [5.74, 6) is 0.665. The van der Waals surface area contributed by atoms with Crippen molar-refractivity contribution in [3.8, 4) is 5.69 Å². The Morgan fingerprint density at radius 3 is 2.59 bits per heavy atom. The fourth-order valence-corrected chi connectivity index (χ4v) is 5.13. The number of allylic oxidation sites excluding steroid dienone is 1. The molecule has 2 aliphatic rings. The number of primary amides is 1. The molecule has 6 nitrogen and oxygen atoms in total. The maximum atomic E-state index is 11.7. The maximum absolute atomic E-state index is 11.7. The molecule has 1 unspecified atom stereocenters. The van der Waals surface area contributed by atoms with Gasteiger partial charge in [-0.1, -0.05) is 18.5 Å². The molecule has 3 aromatic rings. The fraction of sp³-hybridized carbons (Fsp3) is 0.320. The van der Waals surface area contributed by atoms with Crippen LogP contribution in [0.4, 0.5) is 4.79 Å². The number of piperidine rings is 1. The second kappa shape index (κ2) is 8.43. The molecule has 7 heteroatoms. The summed E-state index contributed by atoms with van der Waals surface area (Å²) >= 11 is 6.20. The second-order valence-electron chi connectivity index (χ2n) is 8.62. The van der Waals surface area contributed by atoms with Crippen molar-refractivity contribution in [2.24, 2.45) is 16.6 Å². The zero-order valence-electron chi connectivity index (χ0n) is 18.0. The molecular formula is C25H26ClN5O. The van der Waals surface area contributed by atoms with Gasteiger partial charge in [-0.25, -0.2) is 4.79 Å². The second-order valence-corrected chi connectivity index (χ2v) is 9.06. The molecule has 2 aliphatic heterocycles. The first-order valence-electron chi connectivity index (χ1n) is 11.0. The van der Waals surface area contributed by atoms with Crippen LogP contribution in [0.2, 0.25) is 5.02 Å². The van der Waals surface area contributed by atoms with E-state index in [1.807, 2.05) is 36.9 Å². The van der Waals surface area contributed by atoms with Crippen LogP contribution in [0.15, 0.2) is 53.9 Å². The molecule has 1 saturated heterocycles. The Bertz CT molecular complexity index is 1220. The molecule has 0 bridgehead atoms. The summed E-state index contributed by atoms with van der Waals surface area (Å²) in [5.41, 5.74) is 11.4. The van der Waals surface area contributed by atoms with Crippen molar-refractivity contribution < 1.29 is 4.79 Å². The van der Waals surface area contributed by atoms with Gasteiger partial charge in [0.05, 0.1) is 17.4 Å². The summed E-state index contributed by atoms with van der Waals surface area (Å²) in [7, 11) is 0. The number of aromatic nitrogens is 2. The molecule has 32 heavy (non-hydrogen) atoms. The third-order valence-electron chi connectivity index (χ3n) is 6.69. The highest BCUT2D eigenvalue weighted by Gasteiger charge is 2.31. The number of nitrogens with zero attached hydrogens (tertiary/aromatic N) is 4. The average molecular weight is 448 g/mol. The van der Waals surface area contributed by atoms with Crippen LogP contribution in [0.5, 0.6) is 0 Å². The predicted octanol–water partition coefficient (Wildman–Crippen LogP) is 5.39. The van der Waals surface area contributed by atoms with E-state index in [-0.39, 0.29) is 6.03 Å². The number of urea groups is 1. The highest BCUT2D eigenvalue weighted by molar-refractivity contribution is 6.30. The smallest absolute Gasteiger partial charge is 0.314 e. The molecular weight excluding hydrogens is 422 g/mol. The van der Waals surface area contributed by atoms with Crippen molar-refractivity contribution in [1.29, 1.82) is 0 Å². The zero-order valence-corrected chi connectivity index (χ0v) is 18.8. The Labute approximate surface area is 192 Å². The Kier molecular flexibility index (Phi) is 5.47. The Morgan fingerprint density at radius 2 is 1.91 bits per heavy atom. The van der Waals surface area contributed by atoms with E-state index < -0.39 is 0 Å². The van der Waals surface area contributed by atoms with Crippen LogP contribution in [0.1, 0.15) is 43.4 Å². The average Bonchev–Trinajstić information content (AvgIpc) is 3.15. The van der Waals surface area contributed by atoms with Crippen LogP contribution in [0, 0.1) is 5.92 Å². The molecule has 0 radical (unpaired) electrons. The van der Waals surface area contributed by atoms with Crippen molar-refractivity contribution in [3.63, 3.8) is 0 Å². The lowest BCUT2D eigenvalue weighted by Crippen LogP contribution is -2.41. The van der Waals surface area contributed by atoms with E-state index in [9.17, 15) is 4.79 Å². The number of hydrogen-bond acceptors (Lipinski definition) is 3. The third-order valence-corrected chi connectivity index (χ3v) is 6.94. The van der Waals surface area contributed by atoms with Crippen molar-refractivity contribution in [1.82, 2.24) is 14.5 Å². The third kappa shape index (κ3) is 3.58. The van der Waals surface area contributed by atoms with Crippen LogP contribution in [0.25, 0.3) is 22.2 Å². The molecule has 1 aromatic carbocycles. The van der Waals surface area contributed by atoms with Gasteiger partial charge in [0.2, 0.25) is 0 Å². The van der Waals surface area contributed by atoms with Crippen LogP contribution >= 0.6 is 11.6 Å². The highest BCUT2D eigenvalue weighted by Crippen LogP contribution is 2.44. The number of likely N-dealkylation sites (tertiary alicyclic amines) is 1. The Morgan fingerprint density at radius 1 is 1.16 bits per heavy atom. The van der Waals surface area contributed by atoms with Gasteiger partial charge in [-0.3, -0.25) is 9.98 Å². The van der Waals surface area contributed by atoms with Crippen LogP contribution < -0.4 is 5.73 Å². The number of fused-ring (bicyclic) bond motifs is 1. The van der Waals surface area contributed by atoms with Crippen molar-refractivity contribution in [2.45, 2.75) is 32.1 Å². The molecule has 2 amide bonds. The summed E-state index contributed by atoms with van der Waals surface area (Å²) in [5, 5.41) is 1.91. The number of nitrogens with two attached hydrogens (primary N) is 1. The number of halogens is 1. The summed E-state index contributed by atoms with van der Waals surface area (Å²) in [6.45, 7) is 3.59. The van der Waals surface area contributed by atoms with E-state index in [4.69, 9.17) is 17.3 Å². The van der Waals surface area contributed by atoms with Crippen molar-refractivity contribution in [2.75, 3.05) is 13.1 Å². The van der Waals surface area contributed by atoms with Gasteiger partial charge in [0.15, 0.2) is 0 Å². The van der Waals surface area contributed by atoms with Gasteiger partial charge in [0, 0.05) is 47.8 Å². The van der Waals surface area contributed by atoms with E-state index in [0.29, 0.717) is 29.9 Å². The van der Waals surface area contributed by atoms with Gasteiger partial charge < -0.3 is 15.2 Å². The van der Waals surface area contributed by atoms with Gasteiger partial charge in [-0.15, -0.1) is 0 Å². The van der Waals surface area contributed by atoms with Gasteiger partial charge in [0.25, 0.3) is 0 Å². The molecule has 1 fully saturated rings. The number of benzene rings is 1. The lowest BCUT2D eigenvalue weighted by molar-refractivity contribution is 0.191. The van der Waals surface area contributed by atoms with E-state index in [1.54, 1.807) is 4.90 Å². The van der Waals surface area contributed by atoms with Gasteiger partial charge in [-0.05, 0) is 72.6 Å². The summed E-state index contributed by atoms with van der Waals surface area (Å²) in [6, 6.07) is 9.72. The predicted molar refractivity (Wildman–Crippen MR) is 129 cm³/mol. The SMILES string of the molecule is CC1CC=NC=C1c1c(C2CCN(C(N)=O)CC2)c2ccncc2n1-c1ccc(Cl)cc1. The van der Waals surface area contributed by atoms with E-state index in [0.717, 1.165) is 30.5 Å². The summed E-state index contributed by atoms with van der Waals surface area (Å²) < 4.78 is 2.30. The quantitative estimate of drug-likeness (QED) is 0.584. The topological polar surface area (TPSA) is 76.5 Å². The molecule has 1 atom stereocenters. The maximum Gasteiger partial charge on any atom is 0.314 e. The first kappa shape index (κ1) is 20.8. The first-order valence-corrected chi connectivity index (χ1v) is 11.4. The number of rotatable bonds is 3. The van der Waals surface area contributed by atoms with Gasteiger partial charge >= 0.3 is 6.03 Å². The lowest BCUT2D eigenvalue weighted by Gasteiger charge is -2.32. The molecule has 164 valence electrons. The van der Waals surface area contributed by atoms with Gasteiger partial charge in [0.1, 0.15) is 0 Å². The largest absolute Gasteiger partial charge is 0.351 e. The summed E-state index contributed by atoms with van der Waals surface area (Å²) in [6.07, 6.45) is 10.4.